The number of pyridine rings is 1. The lowest BCUT2D eigenvalue weighted by Crippen LogP contribution is -2.47. The van der Waals surface area contributed by atoms with Crippen LogP contribution in [0.15, 0.2) is 16.9 Å². The first-order chi connectivity index (χ1) is 11.9. The van der Waals surface area contributed by atoms with E-state index in [-0.39, 0.29) is 11.5 Å². The molecule has 1 saturated carbocycles. The van der Waals surface area contributed by atoms with Crippen molar-refractivity contribution < 1.29 is 4.79 Å². The van der Waals surface area contributed by atoms with E-state index >= 15 is 0 Å². The third kappa shape index (κ3) is 3.97. The highest BCUT2D eigenvalue weighted by molar-refractivity contribution is 5.94. The summed E-state index contributed by atoms with van der Waals surface area (Å²) in [7, 11) is 1.73. The van der Waals surface area contributed by atoms with Crippen molar-refractivity contribution in [2.45, 2.75) is 46.1 Å². The molecule has 1 amide bonds. The fraction of sp³-hybridized carbons (Fsp3) is 0.700. The Morgan fingerprint density at radius 3 is 2.60 bits per heavy atom. The summed E-state index contributed by atoms with van der Waals surface area (Å²) in [6.45, 7) is 10.0. The molecule has 1 atom stereocenters. The van der Waals surface area contributed by atoms with E-state index in [9.17, 15) is 9.59 Å². The first kappa shape index (κ1) is 18.2. The Balaban J connectivity index is 1.80. The Morgan fingerprint density at radius 2 is 1.96 bits per heavy atom. The molecule has 0 N–H and O–H groups in total. The number of hydrogen-bond donors (Lipinski definition) is 0. The standard InChI is InChI=1S/C20H31N3O2/c1-14(2)18-13-23(11-5-10-22(18)12-16-7-8-16)20(25)17-9-6-15(3)21(4)19(17)24/h6,9,14,16,18H,5,7-8,10-13H2,1-4H3. The molecule has 25 heavy (non-hydrogen) atoms. The highest BCUT2D eigenvalue weighted by Gasteiger charge is 2.34. The Kier molecular flexibility index (Phi) is 5.32. The molecular formula is C20H31N3O2. The summed E-state index contributed by atoms with van der Waals surface area (Å²) in [5.41, 5.74) is 0.976. The van der Waals surface area contributed by atoms with E-state index in [0.717, 1.165) is 44.2 Å². The average molecular weight is 345 g/mol. The van der Waals surface area contributed by atoms with Crippen LogP contribution in [0.3, 0.4) is 0 Å². The summed E-state index contributed by atoms with van der Waals surface area (Å²) >= 11 is 0. The smallest absolute Gasteiger partial charge is 0.263 e. The molecule has 1 aliphatic heterocycles. The Bertz CT molecular complexity index is 691. The first-order valence-corrected chi connectivity index (χ1v) is 9.58. The molecule has 2 aliphatic rings. The predicted octanol–water partition coefficient (Wildman–Crippen LogP) is 2.28. The largest absolute Gasteiger partial charge is 0.337 e. The van der Waals surface area contributed by atoms with E-state index in [4.69, 9.17) is 0 Å². The molecule has 2 heterocycles. The van der Waals surface area contributed by atoms with Crippen molar-refractivity contribution in [2.24, 2.45) is 18.9 Å². The van der Waals surface area contributed by atoms with Gasteiger partial charge in [-0.05, 0) is 50.2 Å². The van der Waals surface area contributed by atoms with Crippen molar-refractivity contribution in [3.63, 3.8) is 0 Å². The van der Waals surface area contributed by atoms with Crippen LogP contribution in [0.1, 0.15) is 49.2 Å². The van der Waals surface area contributed by atoms with Crippen LogP contribution in [0.4, 0.5) is 0 Å². The molecule has 1 saturated heterocycles. The van der Waals surface area contributed by atoms with Gasteiger partial charge in [-0.3, -0.25) is 14.5 Å². The minimum atomic E-state index is -0.190. The van der Waals surface area contributed by atoms with Gasteiger partial charge in [0, 0.05) is 45.0 Å². The van der Waals surface area contributed by atoms with E-state index in [2.05, 4.69) is 18.7 Å². The molecule has 5 nitrogen and oxygen atoms in total. The van der Waals surface area contributed by atoms with Crippen molar-refractivity contribution in [1.29, 1.82) is 0 Å². The average Bonchev–Trinajstić information content (AvgIpc) is 3.39. The maximum atomic E-state index is 13.0. The van der Waals surface area contributed by atoms with Crippen molar-refractivity contribution >= 4 is 5.91 Å². The van der Waals surface area contributed by atoms with Gasteiger partial charge in [-0.25, -0.2) is 0 Å². The van der Waals surface area contributed by atoms with Gasteiger partial charge in [0.25, 0.3) is 11.5 Å². The maximum absolute atomic E-state index is 13.0. The van der Waals surface area contributed by atoms with Gasteiger partial charge in [0.1, 0.15) is 5.56 Å². The number of nitrogens with zero attached hydrogens (tertiary/aromatic N) is 3. The van der Waals surface area contributed by atoms with E-state index < -0.39 is 0 Å². The molecule has 1 unspecified atom stereocenters. The molecule has 0 radical (unpaired) electrons. The third-order valence-corrected chi connectivity index (χ3v) is 5.78. The van der Waals surface area contributed by atoms with Gasteiger partial charge >= 0.3 is 0 Å². The predicted molar refractivity (Wildman–Crippen MR) is 99.9 cm³/mol. The van der Waals surface area contributed by atoms with Gasteiger partial charge in [-0.15, -0.1) is 0 Å². The van der Waals surface area contributed by atoms with Crippen molar-refractivity contribution in [3.05, 3.63) is 33.7 Å². The van der Waals surface area contributed by atoms with E-state index in [0.29, 0.717) is 17.5 Å². The van der Waals surface area contributed by atoms with Gasteiger partial charge in [-0.2, -0.15) is 0 Å². The fourth-order valence-corrected chi connectivity index (χ4v) is 3.80. The molecule has 0 bridgehead atoms. The number of aromatic nitrogens is 1. The monoisotopic (exact) mass is 345 g/mol. The van der Waals surface area contributed by atoms with Gasteiger partial charge in [0.05, 0.1) is 0 Å². The van der Waals surface area contributed by atoms with Crippen LogP contribution in [-0.2, 0) is 7.05 Å². The first-order valence-electron chi connectivity index (χ1n) is 9.58. The number of carbonyl (C=O) groups excluding carboxylic acids is 1. The highest BCUT2D eigenvalue weighted by Crippen LogP contribution is 2.32. The minimum absolute atomic E-state index is 0.112. The Morgan fingerprint density at radius 1 is 1.24 bits per heavy atom. The summed E-state index contributed by atoms with van der Waals surface area (Å²) in [5, 5.41) is 0. The highest BCUT2D eigenvalue weighted by atomic mass is 16.2. The zero-order valence-corrected chi connectivity index (χ0v) is 16.0. The number of amides is 1. The number of carbonyl (C=O) groups is 1. The second-order valence-corrected chi connectivity index (χ2v) is 8.11. The summed E-state index contributed by atoms with van der Waals surface area (Å²) in [5.74, 6) is 1.24. The fourth-order valence-electron chi connectivity index (χ4n) is 3.80. The molecule has 5 heteroatoms. The van der Waals surface area contributed by atoms with Crippen LogP contribution >= 0.6 is 0 Å². The molecule has 3 rings (SSSR count). The van der Waals surface area contributed by atoms with Crippen LogP contribution in [0.25, 0.3) is 0 Å². The molecule has 0 aromatic carbocycles. The summed E-state index contributed by atoms with van der Waals surface area (Å²) < 4.78 is 1.56. The Labute approximate surface area is 150 Å². The number of aryl methyl sites for hydroxylation is 1. The lowest BCUT2D eigenvalue weighted by Gasteiger charge is -2.34. The summed E-state index contributed by atoms with van der Waals surface area (Å²) in [6, 6.07) is 3.92. The maximum Gasteiger partial charge on any atom is 0.263 e. The molecule has 0 spiro atoms. The number of rotatable bonds is 4. The van der Waals surface area contributed by atoms with E-state index in [1.807, 2.05) is 17.9 Å². The molecular weight excluding hydrogens is 314 g/mol. The minimum Gasteiger partial charge on any atom is -0.337 e. The Hall–Kier alpha value is -1.62. The van der Waals surface area contributed by atoms with Crippen LogP contribution in [0, 0.1) is 18.8 Å². The molecule has 2 fully saturated rings. The molecule has 138 valence electrons. The normalized spacial score (nSPS) is 22.3. The summed E-state index contributed by atoms with van der Waals surface area (Å²) in [6.07, 6.45) is 3.68. The molecule has 1 aliphatic carbocycles. The SMILES string of the molecule is Cc1ccc(C(=O)N2CCCN(CC3CC3)C(C(C)C)C2)c(=O)n1C. The number of hydrogen-bond acceptors (Lipinski definition) is 3. The molecule has 1 aromatic heterocycles. The second-order valence-electron chi connectivity index (χ2n) is 8.11. The van der Waals surface area contributed by atoms with Gasteiger partial charge in [0.15, 0.2) is 0 Å². The van der Waals surface area contributed by atoms with Crippen molar-refractivity contribution in [3.8, 4) is 0 Å². The zero-order valence-electron chi connectivity index (χ0n) is 16.0. The summed E-state index contributed by atoms with van der Waals surface area (Å²) in [4.78, 5) is 30.0. The second kappa shape index (κ2) is 7.32. The lowest BCUT2D eigenvalue weighted by atomic mass is 10.0. The van der Waals surface area contributed by atoms with E-state index in [1.165, 1.54) is 12.8 Å². The van der Waals surface area contributed by atoms with Crippen LogP contribution in [-0.4, -0.2) is 52.5 Å². The molecule has 1 aromatic rings. The van der Waals surface area contributed by atoms with Crippen molar-refractivity contribution in [2.75, 3.05) is 26.2 Å². The quantitative estimate of drug-likeness (QED) is 0.841. The van der Waals surface area contributed by atoms with Crippen LogP contribution in [0.5, 0.6) is 0 Å². The van der Waals surface area contributed by atoms with Gasteiger partial charge in [0.2, 0.25) is 0 Å². The topological polar surface area (TPSA) is 45.6 Å². The van der Waals surface area contributed by atoms with Crippen molar-refractivity contribution in [1.82, 2.24) is 14.4 Å². The third-order valence-electron chi connectivity index (χ3n) is 5.78. The van der Waals surface area contributed by atoms with Gasteiger partial charge in [-0.1, -0.05) is 13.8 Å². The van der Waals surface area contributed by atoms with Crippen LogP contribution in [0.2, 0.25) is 0 Å². The van der Waals surface area contributed by atoms with Crippen LogP contribution < -0.4 is 5.56 Å². The zero-order chi connectivity index (χ0) is 18.1. The van der Waals surface area contributed by atoms with Gasteiger partial charge < -0.3 is 9.47 Å². The van der Waals surface area contributed by atoms with E-state index in [1.54, 1.807) is 17.7 Å². The lowest BCUT2D eigenvalue weighted by molar-refractivity contribution is 0.0702.